The van der Waals surface area contributed by atoms with Crippen LogP contribution in [0.3, 0.4) is 0 Å². The van der Waals surface area contributed by atoms with Gasteiger partial charge in [0.05, 0.1) is 17.9 Å². The Morgan fingerprint density at radius 3 is 2.52 bits per heavy atom. The molecule has 6 atom stereocenters. The summed E-state index contributed by atoms with van der Waals surface area (Å²) in [5, 5.41) is 35.6. The number of fused-ring (bicyclic) bond motifs is 2. The number of phenolic OH excluding ortho intramolecular Hbond substituents is 2. The molecule has 6 N–H and O–H groups in total. The number of rotatable bonds is 5. The Labute approximate surface area is 245 Å². The first-order valence-corrected chi connectivity index (χ1v) is 13.5. The number of amides is 2. The molecule has 42 heavy (non-hydrogen) atoms. The summed E-state index contributed by atoms with van der Waals surface area (Å²) < 4.78 is 29.4. The zero-order valence-electron chi connectivity index (χ0n) is 24.8. The number of aliphatic hydroxyl groups excluding tert-OH is 1. The minimum Gasteiger partial charge on any atom is -0.506 e. The molecule has 0 fully saturated rings. The molecule has 0 saturated carbocycles. The fourth-order valence-electron chi connectivity index (χ4n) is 4.86. The number of ether oxygens (including phenoxy) is 3. The number of halogens is 1. The maximum absolute atomic E-state index is 13.0. The fourth-order valence-corrected chi connectivity index (χ4v) is 4.86. The third-order valence-corrected chi connectivity index (χ3v) is 7.09. The molecule has 1 aromatic rings. The molecular weight excluding hydrogens is 549 g/mol. The van der Waals surface area contributed by atoms with Crippen LogP contribution in [0.1, 0.15) is 39.7 Å². The van der Waals surface area contributed by atoms with Crippen LogP contribution >= 0.6 is 0 Å². The largest absolute Gasteiger partial charge is 0.506 e. The van der Waals surface area contributed by atoms with Gasteiger partial charge in [-0.2, -0.15) is 0 Å². The fraction of sp³-hybridized carbons (Fsp3) is 0.500. The Morgan fingerprint density at radius 2 is 1.93 bits per heavy atom. The Morgan fingerprint density at radius 1 is 1.24 bits per heavy atom. The van der Waals surface area contributed by atoms with Crippen LogP contribution in [0, 0.1) is 11.8 Å². The predicted octanol–water partition coefficient (Wildman–Crippen LogP) is 4.23. The number of hydrogen-bond acceptors (Lipinski definition) is 9. The molecule has 0 aromatic heterocycles. The number of allylic oxidation sites excluding steroid dienone is 2. The first-order valence-electron chi connectivity index (χ1n) is 13.5. The average Bonchev–Trinajstić information content (AvgIpc) is 2.94. The number of hydrogen-bond donors (Lipinski definition) is 5. The molecule has 2 amide bonds. The number of anilines is 1. The highest BCUT2D eigenvalue weighted by Gasteiger charge is 2.30. The van der Waals surface area contributed by atoms with Gasteiger partial charge < -0.3 is 40.6 Å². The number of alkyl halides is 1. The van der Waals surface area contributed by atoms with E-state index in [1.165, 1.54) is 20.3 Å². The second-order valence-electron chi connectivity index (χ2n) is 10.4. The Balaban J connectivity index is 2.69. The lowest BCUT2D eigenvalue weighted by Crippen LogP contribution is -2.37. The van der Waals surface area contributed by atoms with Crippen molar-refractivity contribution in [3.05, 3.63) is 47.1 Å². The van der Waals surface area contributed by atoms with Crippen molar-refractivity contribution in [1.29, 1.82) is 0 Å². The summed E-state index contributed by atoms with van der Waals surface area (Å²) in [7, 11) is 2.89. The van der Waals surface area contributed by atoms with Gasteiger partial charge in [-0.1, -0.05) is 38.2 Å². The maximum Gasteiger partial charge on any atom is 0.405 e. The number of aromatic hydroxyl groups is 2. The van der Waals surface area contributed by atoms with E-state index in [1.807, 2.05) is 6.92 Å². The average molecular weight is 592 g/mol. The van der Waals surface area contributed by atoms with Gasteiger partial charge in [0, 0.05) is 43.6 Å². The van der Waals surface area contributed by atoms with Gasteiger partial charge in [0.15, 0.2) is 6.10 Å². The number of carbonyl (C=O) groups excluding carboxylic acids is 2. The van der Waals surface area contributed by atoms with Gasteiger partial charge in [0.1, 0.15) is 30.0 Å². The third-order valence-electron chi connectivity index (χ3n) is 7.09. The van der Waals surface area contributed by atoms with Crippen molar-refractivity contribution < 1.29 is 43.5 Å². The topological polar surface area (TPSA) is 173 Å². The van der Waals surface area contributed by atoms with E-state index in [1.54, 1.807) is 39.0 Å². The summed E-state index contributed by atoms with van der Waals surface area (Å²) in [6.45, 7) is 6.02. The van der Waals surface area contributed by atoms with Crippen LogP contribution in [0.2, 0.25) is 0 Å². The van der Waals surface area contributed by atoms with Crippen molar-refractivity contribution >= 4 is 29.6 Å². The summed E-state index contributed by atoms with van der Waals surface area (Å²) in [5.74, 6) is -1.96. The zero-order chi connectivity index (χ0) is 31.6. The summed E-state index contributed by atoms with van der Waals surface area (Å²) in [4.78, 5) is 28.7. The second kappa shape index (κ2) is 16.0. The number of nitrogens with one attached hydrogen (secondary N) is 1. The highest BCUT2D eigenvalue weighted by atomic mass is 19.1. The third kappa shape index (κ3) is 9.13. The summed E-state index contributed by atoms with van der Waals surface area (Å²) in [6.07, 6.45) is 3.44. The van der Waals surface area contributed by atoms with Crippen LogP contribution in [0.5, 0.6) is 11.5 Å². The van der Waals surface area contributed by atoms with Gasteiger partial charge in [0.2, 0.25) is 0 Å². The Bertz CT molecular complexity index is 1230. The molecule has 12 heteroatoms. The molecule has 1 aliphatic heterocycles. The molecule has 11 nitrogen and oxygen atoms in total. The molecule has 2 rings (SSSR count). The van der Waals surface area contributed by atoms with Gasteiger partial charge >= 0.3 is 6.09 Å². The maximum atomic E-state index is 13.0. The standard InChI is InChI=1S/C30H42FN3O8/c1-16-12-20-25(33-11-10-31)22(35)15-21(27(20)37)34-29(38)17(2)8-7-9-23(40-5)28(42-30(32)39)19(4)14-18(3)26(36)24(13-16)41-6/h7-9,11,14-16,18,23-24,26,28,35-37H,10,12-13H2,1-6H3,(H2,32,39)(H,34,38)/b9-7-,17-8+,19-14?,33-11?/t16-,18+,23+,24+,26-,28+/m1/s1. The Kier molecular flexibility index (Phi) is 13.2. The molecule has 0 saturated heterocycles. The van der Waals surface area contributed by atoms with Crippen LogP contribution in [0.4, 0.5) is 20.6 Å². The van der Waals surface area contributed by atoms with Gasteiger partial charge in [-0.15, -0.1) is 0 Å². The van der Waals surface area contributed by atoms with Gasteiger partial charge in [-0.05, 0) is 38.2 Å². The van der Waals surface area contributed by atoms with Gasteiger partial charge in [-0.3, -0.25) is 9.79 Å². The first kappa shape index (κ1) is 34.5. The monoisotopic (exact) mass is 591 g/mol. The number of methoxy groups -OCH3 is 2. The molecule has 2 bridgehead atoms. The van der Waals surface area contributed by atoms with Crippen LogP contribution in [-0.4, -0.2) is 78.8 Å². The number of phenols is 2. The highest BCUT2D eigenvalue weighted by molar-refractivity contribution is 6.04. The minimum absolute atomic E-state index is 0.0244. The number of aliphatic imine (C=N–C) groups is 1. The van der Waals surface area contributed by atoms with E-state index >= 15 is 0 Å². The lowest BCUT2D eigenvalue weighted by atomic mass is 9.87. The van der Waals surface area contributed by atoms with E-state index in [9.17, 15) is 29.3 Å². The number of benzene rings is 1. The van der Waals surface area contributed by atoms with E-state index < -0.39 is 49.0 Å². The number of nitrogens with zero attached hydrogens (tertiary/aromatic N) is 1. The molecule has 0 spiro atoms. The predicted molar refractivity (Wildman–Crippen MR) is 158 cm³/mol. The second-order valence-corrected chi connectivity index (χ2v) is 10.4. The summed E-state index contributed by atoms with van der Waals surface area (Å²) in [6, 6.07) is 1.14. The van der Waals surface area contributed by atoms with Gasteiger partial charge in [0.25, 0.3) is 5.91 Å². The number of aliphatic hydroxyl groups is 1. The van der Waals surface area contributed by atoms with Crippen LogP contribution in [0.15, 0.2) is 46.5 Å². The van der Waals surface area contributed by atoms with Crippen LogP contribution in [-0.2, 0) is 25.4 Å². The molecule has 232 valence electrons. The zero-order valence-corrected chi connectivity index (χ0v) is 24.8. The lowest BCUT2D eigenvalue weighted by molar-refractivity contribution is -0.112. The van der Waals surface area contributed by atoms with E-state index in [0.29, 0.717) is 12.0 Å². The first-order chi connectivity index (χ1) is 19.8. The minimum atomic E-state index is -1.01. The summed E-state index contributed by atoms with van der Waals surface area (Å²) in [5.41, 5.74) is 6.26. The van der Waals surface area contributed by atoms with E-state index in [2.05, 4.69) is 10.3 Å². The van der Waals surface area contributed by atoms with Crippen molar-refractivity contribution in [2.45, 2.75) is 65.0 Å². The lowest BCUT2D eigenvalue weighted by Gasteiger charge is -2.29. The molecule has 1 aliphatic rings. The molecule has 0 unspecified atom stereocenters. The van der Waals surface area contributed by atoms with Crippen molar-refractivity contribution in [2.24, 2.45) is 22.6 Å². The van der Waals surface area contributed by atoms with Crippen molar-refractivity contribution in [3.8, 4) is 11.5 Å². The number of nitrogens with two attached hydrogens (primary N) is 1. The molecule has 0 aliphatic carbocycles. The molecule has 1 heterocycles. The van der Waals surface area contributed by atoms with Crippen molar-refractivity contribution in [1.82, 2.24) is 0 Å². The number of primary amides is 1. The SMILES string of the molecule is CO[C@H]1/C=C\C=C(/C)C(=O)Nc2cc(O)c(N=CCF)c(c2O)C[C@@H](C)C[C@H](OC)[C@H](O)[C@@H](C)C=C(C)[C@@H]1OC(N)=O. The quantitative estimate of drug-likeness (QED) is 0.146. The smallest absolute Gasteiger partial charge is 0.405 e. The molecule has 1 aromatic carbocycles. The van der Waals surface area contributed by atoms with E-state index in [-0.39, 0.29) is 46.3 Å². The van der Waals surface area contributed by atoms with Crippen molar-refractivity contribution in [2.75, 3.05) is 26.2 Å². The van der Waals surface area contributed by atoms with Gasteiger partial charge in [-0.25, -0.2) is 9.18 Å². The molecule has 0 radical (unpaired) electrons. The van der Waals surface area contributed by atoms with E-state index in [0.717, 1.165) is 12.3 Å². The summed E-state index contributed by atoms with van der Waals surface area (Å²) >= 11 is 0. The van der Waals surface area contributed by atoms with Crippen LogP contribution < -0.4 is 11.1 Å². The van der Waals surface area contributed by atoms with Crippen LogP contribution in [0.25, 0.3) is 0 Å². The van der Waals surface area contributed by atoms with Crippen molar-refractivity contribution in [3.63, 3.8) is 0 Å². The highest BCUT2D eigenvalue weighted by Crippen LogP contribution is 2.44. The number of carbonyl (C=O) groups is 2. The van der Waals surface area contributed by atoms with E-state index in [4.69, 9.17) is 19.9 Å². The normalized spacial score (nSPS) is 28.4. The molecular formula is C30H42FN3O8. The Hall–Kier alpha value is -3.74.